The second-order valence-corrected chi connectivity index (χ2v) is 5.36. The number of rotatable bonds is 6. The van der Waals surface area contributed by atoms with E-state index in [0.717, 1.165) is 23.1 Å². The Hall–Kier alpha value is -2.80. The predicted molar refractivity (Wildman–Crippen MR) is 85.6 cm³/mol. The van der Waals surface area contributed by atoms with Crippen LogP contribution in [0.2, 0.25) is 0 Å². The molecule has 0 fully saturated rings. The number of carbonyl (C=O) groups is 1. The number of nitrogens with one attached hydrogen (secondary N) is 1. The van der Waals surface area contributed by atoms with Crippen LogP contribution in [0.5, 0.6) is 0 Å². The van der Waals surface area contributed by atoms with E-state index in [9.17, 15) is 4.79 Å². The maximum atomic E-state index is 11.9. The van der Waals surface area contributed by atoms with E-state index < -0.39 is 0 Å². The van der Waals surface area contributed by atoms with Gasteiger partial charge in [0.25, 0.3) is 0 Å². The van der Waals surface area contributed by atoms with E-state index in [1.807, 2.05) is 31.3 Å². The molecule has 0 saturated heterocycles. The van der Waals surface area contributed by atoms with Gasteiger partial charge in [0.2, 0.25) is 5.91 Å². The zero-order valence-corrected chi connectivity index (χ0v) is 12.8. The van der Waals surface area contributed by atoms with E-state index in [4.69, 9.17) is 0 Å². The van der Waals surface area contributed by atoms with E-state index in [-0.39, 0.29) is 5.91 Å². The molecule has 0 saturated carbocycles. The maximum absolute atomic E-state index is 11.9. The molecule has 0 aliphatic heterocycles. The Balaban J connectivity index is 1.49. The van der Waals surface area contributed by atoms with Gasteiger partial charge in [-0.05, 0) is 47.2 Å². The van der Waals surface area contributed by atoms with Crippen LogP contribution in [0.1, 0.15) is 12.0 Å². The number of pyridine rings is 1. The lowest BCUT2D eigenvalue weighted by Gasteiger charge is -2.16. The van der Waals surface area contributed by atoms with Gasteiger partial charge in [0.1, 0.15) is 11.0 Å². The van der Waals surface area contributed by atoms with Gasteiger partial charge in [0.15, 0.2) is 0 Å². The minimum atomic E-state index is -0.0268. The topological polar surface area (TPSA) is 84.2 Å². The summed E-state index contributed by atoms with van der Waals surface area (Å²) in [5, 5.41) is 10.4. The van der Waals surface area contributed by atoms with Crippen molar-refractivity contribution >= 4 is 22.6 Å². The summed E-state index contributed by atoms with van der Waals surface area (Å²) in [4.78, 5) is 18.0. The van der Waals surface area contributed by atoms with E-state index >= 15 is 0 Å². The highest BCUT2D eigenvalue weighted by molar-refractivity contribution is 5.90. The highest BCUT2D eigenvalue weighted by Crippen LogP contribution is 2.13. The van der Waals surface area contributed by atoms with Gasteiger partial charge in [-0.25, -0.2) is 4.63 Å². The van der Waals surface area contributed by atoms with Crippen LogP contribution in [-0.2, 0) is 11.3 Å². The van der Waals surface area contributed by atoms with Gasteiger partial charge in [0, 0.05) is 25.7 Å². The summed E-state index contributed by atoms with van der Waals surface area (Å²) in [6, 6.07) is 9.41. The number of aromatic nitrogens is 3. The fraction of sp³-hybridized carbons (Fsp3) is 0.250. The maximum Gasteiger partial charge on any atom is 0.225 e. The number of carbonyl (C=O) groups excluding carboxylic acids is 1. The van der Waals surface area contributed by atoms with Crippen LogP contribution in [-0.4, -0.2) is 39.7 Å². The normalized spacial score (nSPS) is 11.0. The number of fused-ring (bicyclic) bond motifs is 1. The van der Waals surface area contributed by atoms with Gasteiger partial charge in [-0.2, -0.15) is 0 Å². The van der Waals surface area contributed by atoms with Crippen molar-refractivity contribution in [1.29, 1.82) is 0 Å². The van der Waals surface area contributed by atoms with Crippen molar-refractivity contribution in [2.24, 2.45) is 0 Å². The molecule has 2 heterocycles. The third kappa shape index (κ3) is 4.10. The standard InChI is InChI=1S/C16H17N5O2/c1-21(8-6-16(22)18-13-3-2-7-17-10-13)11-12-4-5-14-15(9-12)20-23-19-14/h2-5,7,9-10H,6,8,11H2,1H3,(H,18,22). The second kappa shape index (κ2) is 6.97. The highest BCUT2D eigenvalue weighted by Gasteiger charge is 2.07. The van der Waals surface area contributed by atoms with Gasteiger partial charge in [-0.15, -0.1) is 0 Å². The Bertz CT molecular complexity index is 787. The smallest absolute Gasteiger partial charge is 0.225 e. The summed E-state index contributed by atoms with van der Waals surface area (Å²) in [7, 11) is 1.97. The molecule has 1 aromatic carbocycles. The van der Waals surface area contributed by atoms with E-state index in [1.165, 1.54) is 0 Å². The molecule has 7 heteroatoms. The van der Waals surface area contributed by atoms with Crippen molar-refractivity contribution in [1.82, 2.24) is 20.2 Å². The minimum Gasteiger partial charge on any atom is -0.325 e. The summed E-state index contributed by atoms with van der Waals surface area (Å²) < 4.78 is 4.69. The Morgan fingerprint density at radius 2 is 2.13 bits per heavy atom. The molecule has 0 atom stereocenters. The van der Waals surface area contributed by atoms with E-state index in [1.54, 1.807) is 18.5 Å². The third-order valence-electron chi connectivity index (χ3n) is 3.44. The molecule has 2 aromatic heterocycles. The van der Waals surface area contributed by atoms with Crippen molar-refractivity contribution in [2.75, 3.05) is 18.9 Å². The number of hydrogen-bond acceptors (Lipinski definition) is 6. The first-order chi connectivity index (χ1) is 11.2. The average molecular weight is 311 g/mol. The first-order valence-electron chi connectivity index (χ1n) is 7.30. The van der Waals surface area contributed by atoms with Crippen molar-refractivity contribution in [3.63, 3.8) is 0 Å². The SMILES string of the molecule is CN(CCC(=O)Nc1cccnc1)Cc1ccc2nonc2c1. The van der Waals surface area contributed by atoms with Crippen LogP contribution in [0, 0.1) is 0 Å². The molecule has 0 aliphatic rings. The zero-order valence-electron chi connectivity index (χ0n) is 12.8. The van der Waals surface area contributed by atoms with E-state index in [2.05, 4.69) is 30.1 Å². The first-order valence-corrected chi connectivity index (χ1v) is 7.30. The molecule has 1 amide bonds. The molecule has 3 aromatic rings. The fourth-order valence-electron chi connectivity index (χ4n) is 2.27. The Morgan fingerprint density at radius 3 is 2.96 bits per heavy atom. The van der Waals surface area contributed by atoms with Crippen LogP contribution in [0.3, 0.4) is 0 Å². The van der Waals surface area contributed by atoms with Crippen LogP contribution in [0.15, 0.2) is 47.4 Å². The lowest BCUT2D eigenvalue weighted by atomic mass is 10.2. The highest BCUT2D eigenvalue weighted by atomic mass is 16.6. The predicted octanol–water partition coefficient (Wildman–Crippen LogP) is 2.08. The first kappa shape index (κ1) is 15.1. The number of nitrogens with zero attached hydrogens (tertiary/aromatic N) is 4. The monoisotopic (exact) mass is 311 g/mol. The Morgan fingerprint density at radius 1 is 1.26 bits per heavy atom. The summed E-state index contributed by atoms with van der Waals surface area (Å²) in [5.74, 6) is -0.0268. The number of anilines is 1. The van der Waals surface area contributed by atoms with Gasteiger partial charge >= 0.3 is 0 Å². The van der Waals surface area contributed by atoms with Crippen LogP contribution in [0.25, 0.3) is 11.0 Å². The van der Waals surface area contributed by atoms with Crippen molar-refractivity contribution in [2.45, 2.75) is 13.0 Å². The summed E-state index contributed by atoms with van der Waals surface area (Å²) in [5.41, 5.74) is 3.30. The number of benzene rings is 1. The fourth-order valence-corrected chi connectivity index (χ4v) is 2.27. The summed E-state index contributed by atoms with van der Waals surface area (Å²) >= 11 is 0. The molecular weight excluding hydrogens is 294 g/mol. The van der Waals surface area contributed by atoms with Crippen LogP contribution < -0.4 is 5.32 Å². The van der Waals surface area contributed by atoms with Crippen molar-refractivity contribution in [3.05, 3.63) is 48.3 Å². The zero-order chi connectivity index (χ0) is 16.1. The number of amides is 1. The number of hydrogen-bond donors (Lipinski definition) is 1. The van der Waals surface area contributed by atoms with Gasteiger partial charge in [-0.1, -0.05) is 6.07 Å². The molecule has 0 spiro atoms. The molecule has 3 rings (SSSR count). The molecule has 23 heavy (non-hydrogen) atoms. The lowest BCUT2D eigenvalue weighted by Crippen LogP contribution is -2.24. The molecule has 0 unspecified atom stereocenters. The van der Waals surface area contributed by atoms with Crippen LogP contribution in [0.4, 0.5) is 5.69 Å². The van der Waals surface area contributed by atoms with E-state index in [0.29, 0.717) is 18.7 Å². The summed E-state index contributed by atoms with van der Waals surface area (Å²) in [6.07, 6.45) is 3.71. The van der Waals surface area contributed by atoms with Gasteiger partial charge < -0.3 is 10.2 Å². The van der Waals surface area contributed by atoms with Crippen molar-refractivity contribution < 1.29 is 9.42 Å². The molecule has 0 aliphatic carbocycles. The molecule has 1 N–H and O–H groups in total. The Kier molecular flexibility index (Phi) is 4.58. The average Bonchev–Trinajstić information content (AvgIpc) is 3.01. The van der Waals surface area contributed by atoms with Gasteiger partial charge in [-0.3, -0.25) is 9.78 Å². The second-order valence-electron chi connectivity index (χ2n) is 5.36. The molecular formula is C16H17N5O2. The molecule has 7 nitrogen and oxygen atoms in total. The largest absolute Gasteiger partial charge is 0.325 e. The quantitative estimate of drug-likeness (QED) is 0.750. The van der Waals surface area contributed by atoms with Crippen LogP contribution >= 0.6 is 0 Å². The third-order valence-corrected chi connectivity index (χ3v) is 3.44. The molecule has 118 valence electrons. The van der Waals surface area contributed by atoms with Crippen molar-refractivity contribution in [3.8, 4) is 0 Å². The van der Waals surface area contributed by atoms with Gasteiger partial charge in [0.05, 0.1) is 11.9 Å². The molecule has 0 bridgehead atoms. The molecule has 0 radical (unpaired) electrons. The minimum absolute atomic E-state index is 0.0268. The summed E-state index contributed by atoms with van der Waals surface area (Å²) in [6.45, 7) is 1.38. The Labute approximate surface area is 133 Å². The lowest BCUT2D eigenvalue weighted by molar-refractivity contribution is -0.116.